The highest BCUT2D eigenvalue weighted by molar-refractivity contribution is 6.06. The van der Waals surface area contributed by atoms with Gasteiger partial charge in [-0.2, -0.15) is 0 Å². The third kappa shape index (κ3) is 3.24. The number of nitrogens with zero attached hydrogens (tertiary/aromatic N) is 2. The number of anilines is 1. The Hall–Kier alpha value is -3.15. The number of cyclic esters (lactones) is 1. The van der Waals surface area contributed by atoms with Crippen LogP contribution in [0.2, 0.25) is 0 Å². The Morgan fingerprint density at radius 2 is 1.76 bits per heavy atom. The fraction of sp³-hybridized carbons (Fsp3) is 0.211. The van der Waals surface area contributed by atoms with Crippen molar-refractivity contribution >= 4 is 29.2 Å². The third-order valence-corrected chi connectivity index (χ3v) is 4.22. The van der Waals surface area contributed by atoms with Crippen molar-refractivity contribution in [2.24, 2.45) is 0 Å². The van der Waals surface area contributed by atoms with Gasteiger partial charge in [0, 0.05) is 36.5 Å². The number of hydrogen-bond donors (Lipinski definition) is 0. The van der Waals surface area contributed by atoms with Crippen molar-refractivity contribution in [3.63, 3.8) is 0 Å². The van der Waals surface area contributed by atoms with E-state index in [1.54, 1.807) is 12.1 Å². The van der Waals surface area contributed by atoms with Gasteiger partial charge in [0.25, 0.3) is 5.69 Å². The van der Waals surface area contributed by atoms with Crippen molar-refractivity contribution in [1.82, 2.24) is 0 Å². The van der Waals surface area contributed by atoms with Crippen molar-refractivity contribution in [2.45, 2.75) is 13.8 Å². The van der Waals surface area contributed by atoms with Crippen LogP contribution in [0.15, 0.2) is 42.5 Å². The molecule has 0 aromatic heterocycles. The Morgan fingerprint density at radius 3 is 2.36 bits per heavy atom. The van der Waals surface area contributed by atoms with Gasteiger partial charge in [0.15, 0.2) is 0 Å². The molecule has 2 aromatic carbocycles. The number of benzene rings is 2. The lowest BCUT2D eigenvalue weighted by Crippen LogP contribution is -2.21. The number of nitro groups is 1. The van der Waals surface area contributed by atoms with Crippen LogP contribution in [0.3, 0.4) is 0 Å². The van der Waals surface area contributed by atoms with Crippen LogP contribution in [-0.2, 0) is 4.74 Å². The lowest BCUT2D eigenvalue weighted by molar-refractivity contribution is -0.384. The van der Waals surface area contributed by atoms with Gasteiger partial charge >= 0.3 is 5.97 Å². The van der Waals surface area contributed by atoms with E-state index < -0.39 is 10.9 Å². The zero-order valence-corrected chi connectivity index (χ0v) is 14.1. The second-order valence-electron chi connectivity index (χ2n) is 5.65. The van der Waals surface area contributed by atoms with Crippen LogP contribution in [0, 0.1) is 10.1 Å². The van der Waals surface area contributed by atoms with Gasteiger partial charge in [-0.1, -0.05) is 12.1 Å². The predicted octanol–water partition coefficient (Wildman–Crippen LogP) is 4.11. The molecule has 0 unspecified atom stereocenters. The number of rotatable bonds is 5. The van der Waals surface area contributed by atoms with Gasteiger partial charge in [-0.15, -0.1) is 0 Å². The molecule has 0 saturated carbocycles. The van der Waals surface area contributed by atoms with Gasteiger partial charge in [0.2, 0.25) is 0 Å². The number of ether oxygens (including phenoxy) is 1. The Labute approximate surface area is 145 Å². The van der Waals surface area contributed by atoms with Gasteiger partial charge in [0.05, 0.1) is 10.5 Å². The van der Waals surface area contributed by atoms with Crippen LogP contribution in [0.5, 0.6) is 0 Å². The second kappa shape index (κ2) is 6.76. The molecule has 0 saturated heterocycles. The van der Waals surface area contributed by atoms with Gasteiger partial charge in [-0.3, -0.25) is 10.1 Å². The van der Waals surface area contributed by atoms with E-state index in [0.717, 1.165) is 24.3 Å². The van der Waals surface area contributed by atoms with Gasteiger partial charge < -0.3 is 9.64 Å². The van der Waals surface area contributed by atoms with Gasteiger partial charge in [0.1, 0.15) is 5.76 Å². The first-order valence-electron chi connectivity index (χ1n) is 8.11. The number of fused-ring (bicyclic) bond motifs is 1. The average molecular weight is 338 g/mol. The van der Waals surface area contributed by atoms with E-state index in [1.165, 1.54) is 12.1 Å². The molecule has 2 aromatic rings. The minimum absolute atomic E-state index is 0.125. The summed E-state index contributed by atoms with van der Waals surface area (Å²) in [5.74, 6) is -0.157. The third-order valence-electron chi connectivity index (χ3n) is 4.22. The maximum atomic E-state index is 12.0. The van der Waals surface area contributed by atoms with E-state index in [1.807, 2.05) is 24.3 Å². The molecule has 0 fully saturated rings. The van der Waals surface area contributed by atoms with E-state index in [2.05, 4.69) is 18.7 Å². The summed E-state index contributed by atoms with van der Waals surface area (Å²) >= 11 is 0. The van der Waals surface area contributed by atoms with Crippen LogP contribution in [0.1, 0.15) is 35.3 Å². The number of hydrogen-bond acceptors (Lipinski definition) is 5. The first-order valence-corrected chi connectivity index (χ1v) is 8.11. The van der Waals surface area contributed by atoms with Crippen LogP contribution < -0.4 is 4.90 Å². The summed E-state index contributed by atoms with van der Waals surface area (Å²) in [6, 6.07) is 12.1. The summed E-state index contributed by atoms with van der Waals surface area (Å²) in [4.78, 5) is 24.5. The molecule has 0 spiro atoms. The van der Waals surface area contributed by atoms with E-state index in [-0.39, 0.29) is 11.3 Å². The number of nitro benzene ring substituents is 1. The number of non-ortho nitro benzene ring substituents is 1. The first kappa shape index (κ1) is 16.7. The zero-order chi connectivity index (χ0) is 18.0. The van der Waals surface area contributed by atoms with E-state index >= 15 is 0 Å². The minimum Gasteiger partial charge on any atom is -0.422 e. The highest BCUT2D eigenvalue weighted by atomic mass is 16.6. The normalized spacial score (nSPS) is 14.3. The first-order chi connectivity index (χ1) is 12.0. The summed E-state index contributed by atoms with van der Waals surface area (Å²) in [6.45, 7) is 6.07. The SMILES string of the molecule is CCN(CC)c1ccc(C=C2OC(=O)c3cc([N+](=O)[O-])ccc32)cc1. The fourth-order valence-electron chi connectivity index (χ4n) is 2.87. The van der Waals surface area contributed by atoms with Crippen molar-refractivity contribution < 1.29 is 14.5 Å². The zero-order valence-electron chi connectivity index (χ0n) is 14.1. The Balaban J connectivity index is 1.91. The summed E-state index contributed by atoms with van der Waals surface area (Å²) in [6.07, 6.45) is 1.77. The molecule has 0 amide bonds. The van der Waals surface area contributed by atoms with E-state index in [4.69, 9.17) is 4.74 Å². The highest BCUT2D eigenvalue weighted by Crippen LogP contribution is 2.33. The summed E-state index contributed by atoms with van der Waals surface area (Å²) in [5.41, 5.74) is 2.70. The molecule has 1 heterocycles. The molecular weight excluding hydrogens is 320 g/mol. The van der Waals surface area contributed by atoms with Gasteiger partial charge in [-0.05, 0) is 43.7 Å². The van der Waals surface area contributed by atoms with Gasteiger partial charge in [-0.25, -0.2) is 4.79 Å². The lowest BCUT2D eigenvalue weighted by atomic mass is 10.1. The molecule has 0 bridgehead atoms. The Morgan fingerprint density at radius 1 is 1.08 bits per heavy atom. The maximum Gasteiger partial charge on any atom is 0.344 e. The quantitative estimate of drug-likeness (QED) is 0.466. The topological polar surface area (TPSA) is 72.7 Å². The van der Waals surface area contributed by atoms with Crippen LogP contribution in [0.25, 0.3) is 11.8 Å². The number of esters is 1. The van der Waals surface area contributed by atoms with E-state index in [9.17, 15) is 14.9 Å². The standard InChI is InChI=1S/C19H18N2O4/c1-3-20(4-2)14-7-5-13(6-8-14)11-18-16-10-9-15(21(23)24)12-17(16)19(22)25-18/h5-12H,3-4H2,1-2H3. The summed E-state index contributed by atoms with van der Waals surface area (Å²) in [7, 11) is 0. The Kier molecular flexibility index (Phi) is 4.52. The van der Waals surface area contributed by atoms with Crippen LogP contribution in [-0.4, -0.2) is 24.0 Å². The smallest absolute Gasteiger partial charge is 0.344 e. The minimum atomic E-state index is -0.565. The summed E-state index contributed by atoms with van der Waals surface area (Å²) < 4.78 is 5.28. The molecule has 128 valence electrons. The lowest BCUT2D eigenvalue weighted by Gasteiger charge is -2.20. The van der Waals surface area contributed by atoms with E-state index in [0.29, 0.717) is 11.3 Å². The highest BCUT2D eigenvalue weighted by Gasteiger charge is 2.28. The maximum absolute atomic E-state index is 12.0. The van der Waals surface area contributed by atoms with Crippen molar-refractivity contribution in [3.05, 3.63) is 69.3 Å². The fourth-order valence-corrected chi connectivity index (χ4v) is 2.87. The Bertz CT molecular complexity index is 852. The molecule has 0 aliphatic carbocycles. The molecular formula is C19H18N2O4. The largest absolute Gasteiger partial charge is 0.422 e. The summed E-state index contributed by atoms with van der Waals surface area (Å²) in [5, 5.41) is 10.9. The second-order valence-corrected chi connectivity index (χ2v) is 5.65. The molecule has 6 heteroatoms. The molecule has 0 N–H and O–H groups in total. The van der Waals surface area contributed by atoms with Crippen molar-refractivity contribution in [3.8, 4) is 0 Å². The van der Waals surface area contributed by atoms with Crippen LogP contribution in [0.4, 0.5) is 11.4 Å². The molecule has 6 nitrogen and oxygen atoms in total. The molecule has 0 atom stereocenters. The molecule has 1 aliphatic rings. The molecule has 25 heavy (non-hydrogen) atoms. The molecule has 0 radical (unpaired) electrons. The van der Waals surface area contributed by atoms with Crippen LogP contribution >= 0.6 is 0 Å². The van der Waals surface area contributed by atoms with Crippen molar-refractivity contribution in [2.75, 3.05) is 18.0 Å². The van der Waals surface area contributed by atoms with Crippen molar-refractivity contribution in [1.29, 1.82) is 0 Å². The number of carbonyl (C=O) groups is 1. The molecule has 1 aliphatic heterocycles. The predicted molar refractivity (Wildman–Crippen MR) is 96.4 cm³/mol. The average Bonchev–Trinajstić information content (AvgIpc) is 2.93. The molecule has 3 rings (SSSR count). The monoisotopic (exact) mass is 338 g/mol. The number of carbonyl (C=O) groups excluding carboxylic acids is 1.